The molecular formula is C38H47F3O9. The number of aliphatic hydroxyl groups is 3. The van der Waals surface area contributed by atoms with E-state index in [0.29, 0.717) is 24.8 Å². The molecule has 0 aliphatic heterocycles. The molecule has 8 atom stereocenters. The number of allylic oxidation sites excluding steroid dienone is 1. The molecule has 0 radical (unpaired) electrons. The lowest BCUT2D eigenvalue weighted by molar-refractivity contribution is -0.314. The summed E-state index contributed by atoms with van der Waals surface area (Å²) in [5.74, 6) is -2.90. The first-order valence-corrected chi connectivity index (χ1v) is 17.1. The van der Waals surface area contributed by atoms with Crippen LogP contribution in [0.25, 0.3) is 6.08 Å². The Morgan fingerprint density at radius 2 is 1.70 bits per heavy atom. The average Bonchev–Trinajstić information content (AvgIpc) is 3.25. The SMILES string of the molecule is CC(=O)[C@]1(O)CC[C@@]2(O)[C@]1(C)[C@H](OC(=O)/C=C(\C)C(C)C)C[C@@H]1[C@@]3(C)CC[C@H](OC(=O)/C=C/c4cccc(OC(F)(F)F)c4)CC3=CC[C@]12O. The monoisotopic (exact) mass is 704 g/mol. The van der Waals surface area contributed by atoms with Crippen LogP contribution in [0.15, 0.2) is 53.6 Å². The number of Topliss-reactive ketones (excluding diaryl/α,β-unsaturated/α-hetero) is 1. The maximum Gasteiger partial charge on any atom is 0.573 e. The van der Waals surface area contributed by atoms with Crippen LogP contribution in [-0.4, -0.2) is 68.4 Å². The normalized spacial score (nSPS) is 37.0. The lowest BCUT2D eigenvalue weighted by atomic mass is 9.42. The Labute approximate surface area is 290 Å². The van der Waals surface area contributed by atoms with Crippen LogP contribution in [-0.2, 0) is 23.9 Å². The fraction of sp³-hybridized carbons (Fsp3) is 0.605. The van der Waals surface area contributed by atoms with Gasteiger partial charge in [0.1, 0.15) is 34.8 Å². The van der Waals surface area contributed by atoms with Crippen molar-refractivity contribution in [3.63, 3.8) is 0 Å². The van der Waals surface area contributed by atoms with Gasteiger partial charge in [0.25, 0.3) is 0 Å². The predicted octanol–water partition coefficient (Wildman–Crippen LogP) is 6.15. The molecule has 5 rings (SSSR count). The zero-order valence-electron chi connectivity index (χ0n) is 29.3. The third-order valence-electron chi connectivity index (χ3n) is 12.4. The van der Waals surface area contributed by atoms with E-state index >= 15 is 0 Å². The summed E-state index contributed by atoms with van der Waals surface area (Å²) in [5, 5.41) is 37.1. The second kappa shape index (κ2) is 12.9. The highest BCUT2D eigenvalue weighted by Crippen LogP contribution is 2.71. The van der Waals surface area contributed by atoms with Crippen molar-refractivity contribution in [3.8, 4) is 5.75 Å². The molecule has 0 amide bonds. The van der Waals surface area contributed by atoms with Crippen LogP contribution in [0, 0.1) is 22.7 Å². The number of benzene rings is 1. The quantitative estimate of drug-likeness (QED) is 0.165. The summed E-state index contributed by atoms with van der Waals surface area (Å²) in [6.07, 6.45) is 0.281. The topological polar surface area (TPSA) is 140 Å². The van der Waals surface area contributed by atoms with Gasteiger partial charge in [-0.25, -0.2) is 9.59 Å². The van der Waals surface area contributed by atoms with Gasteiger partial charge in [0.05, 0.1) is 5.41 Å². The van der Waals surface area contributed by atoms with Crippen molar-refractivity contribution in [2.75, 3.05) is 0 Å². The molecule has 3 saturated carbocycles. The molecule has 4 aliphatic rings. The van der Waals surface area contributed by atoms with Crippen LogP contribution in [0.3, 0.4) is 0 Å². The Morgan fingerprint density at radius 3 is 2.34 bits per heavy atom. The Bertz CT molecular complexity index is 1630. The second-order valence-electron chi connectivity index (χ2n) is 15.3. The average molecular weight is 705 g/mol. The van der Waals surface area contributed by atoms with Gasteiger partial charge in [0.15, 0.2) is 5.78 Å². The fourth-order valence-electron chi connectivity index (χ4n) is 9.17. The van der Waals surface area contributed by atoms with Crippen LogP contribution < -0.4 is 4.74 Å². The number of rotatable bonds is 8. The second-order valence-corrected chi connectivity index (χ2v) is 15.3. The number of alkyl halides is 3. The number of hydrogen-bond acceptors (Lipinski definition) is 9. The molecule has 0 heterocycles. The molecular weight excluding hydrogens is 657 g/mol. The zero-order valence-corrected chi connectivity index (χ0v) is 29.3. The van der Waals surface area contributed by atoms with E-state index in [1.807, 2.05) is 26.8 Å². The van der Waals surface area contributed by atoms with Gasteiger partial charge in [0.2, 0.25) is 0 Å². The highest BCUT2D eigenvalue weighted by molar-refractivity contribution is 5.88. The fourth-order valence-corrected chi connectivity index (χ4v) is 9.17. The van der Waals surface area contributed by atoms with Gasteiger partial charge in [-0.2, -0.15) is 0 Å². The van der Waals surface area contributed by atoms with Crippen LogP contribution in [0.4, 0.5) is 13.2 Å². The molecule has 0 saturated heterocycles. The minimum Gasteiger partial charge on any atom is -0.459 e. The minimum absolute atomic E-state index is 0.00655. The molecule has 9 nitrogen and oxygen atoms in total. The Morgan fingerprint density at radius 1 is 1.00 bits per heavy atom. The molecule has 3 N–H and O–H groups in total. The van der Waals surface area contributed by atoms with Crippen molar-refractivity contribution < 1.29 is 57.1 Å². The van der Waals surface area contributed by atoms with Crippen LogP contribution in [0.5, 0.6) is 5.75 Å². The van der Waals surface area contributed by atoms with Crippen molar-refractivity contribution in [3.05, 3.63) is 59.2 Å². The molecule has 0 aromatic heterocycles. The molecule has 0 spiro atoms. The number of ketones is 1. The van der Waals surface area contributed by atoms with E-state index < -0.39 is 75.6 Å². The van der Waals surface area contributed by atoms with Crippen LogP contribution in [0.1, 0.15) is 92.1 Å². The summed E-state index contributed by atoms with van der Waals surface area (Å²) in [4.78, 5) is 39.1. The Kier molecular flexibility index (Phi) is 9.77. The van der Waals surface area contributed by atoms with Gasteiger partial charge in [-0.05, 0) is 94.4 Å². The van der Waals surface area contributed by atoms with Crippen molar-refractivity contribution in [2.24, 2.45) is 22.7 Å². The molecule has 1 aromatic rings. The van der Waals surface area contributed by atoms with E-state index in [1.54, 1.807) is 6.92 Å². The maximum atomic E-state index is 13.3. The van der Waals surface area contributed by atoms with Crippen LogP contribution >= 0.6 is 0 Å². The summed E-state index contributed by atoms with van der Waals surface area (Å²) in [6.45, 7) is 10.4. The van der Waals surface area contributed by atoms with E-state index in [4.69, 9.17) is 9.47 Å². The number of ether oxygens (including phenoxy) is 3. The number of fused-ring (bicyclic) bond motifs is 5. The third-order valence-corrected chi connectivity index (χ3v) is 12.4. The summed E-state index contributed by atoms with van der Waals surface area (Å²) in [7, 11) is 0. The largest absolute Gasteiger partial charge is 0.573 e. The third kappa shape index (κ3) is 6.21. The van der Waals surface area contributed by atoms with E-state index in [0.717, 1.165) is 29.4 Å². The van der Waals surface area contributed by atoms with Crippen LogP contribution in [0.2, 0.25) is 0 Å². The van der Waals surface area contributed by atoms with Crippen molar-refractivity contribution >= 4 is 23.8 Å². The van der Waals surface area contributed by atoms with Gasteiger partial charge in [-0.15, -0.1) is 13.2 Å². The van der Waals surface area contributed by atoms with Gasteiger partial charge < -0.3 is 29.5 Å². The predicted molar refractivity (Wildman–Crippen MR) is 176 cm³/mol. The zero-order chi connectivity index (χ0) is 37.1. The van der Waals surface area contributed by atoms with Crippen molar-refractivity contribution in [1.82, 2.24) is 0 Å². The molecule has 0 unspecified atom stereocenters. The van der Waals surface area contributed by atoms with Crippen molar-refractivity contribution in [1.29, 1.82) is 0 Å². The Balaban J connectivity index is 1.39. The molecule has 274 valence electrons. The van der Waals surface area contributed by atoms with Gasteiger partial charge in [-0.1, -0.05) is 50.1 Å². The van der Waals surface area contributed by atoms with E-state index in [-0.39, 0.29) is 31.6 Å². The summed E-state index contributed by atoms with van der Waals surface area (Å²) < 4.78 is 53.5. The molecule has 3 fully saturated rings. The lowest BCUT2D eigenvalue weighted by Gasteiger charge is -2.67. The lowest BCUT2D eigenvalue weighted by Crippen LogP contribution is -2.78. The van der Waals surface area contributed by atoms with E-state index in [9.17, 15) is 42.9 Å². The smallest absolute Gasteiger partial charge is 0.459 e. The maximum absolute atomic E-state index is 13.3. The number of hydrogen-bond donors (Lipinski definition) is 3. The van der Waals surface area contributed by atoms with Gasteiger partial charge in [0, 0.05) is 24.5 Å². The standard InChI is InChI=1S/C38H47F3O9/c1-22(2)23(3)18-32(44)49-30-21-29-33(5)14-13-27(48-31(43)11-10-25-8-7-9-28(19-25)50-38(39,40)41)20-26(33)12-15-36(29,46)37(47)17-16-35(45,24(4)42)34(30,37)6/h7-12,18-19,22,27,29-30,45-47H,13-17,20-21H2,1-6H3/b11-10+,23-18+/t27-,29+,30+,33-,34+,35+,36-,37+/m0/s1. The summed E-state index contributed by atoms with van der Waals surface area (Å²) in [6, 6.07) is 5.19. The first-order chi connectivity index (χ1) is 23.1. The molecule has 50 heavy (non-hydrogen) atoms. The van der Waals surface area contributed by atoms with Crippen molar-refractivity contribution in [2.45, 2.75) is 122 Å². The molecule has 4 aliphatic carbocycles. The minimum atomic E-state index is -4.85. The Hall–Kier alpha value is -3.48. The first-order valence-electron chi connectivity index (χ1n) is 17.1. The number of carbonyl (C=O) groups is 3. The number of carbonyl (C=O) groups excluding carboxylic acids is 3. The molecule has 1 aromatic carbocycles. The van der Waals surface area contributed by atoms with E-state index in [1.165, 1.54) is 38.1 Å². The number of esters is 2. The highest BCUT2D eigenvalue weighted by Gasteiger charge is 2.81. The molecule has 12 heteroatoms. The highest BCUT2D eigenvalue weighted by atomic mass is 19.4. The van der Waals surface area contributed by atoms with Gasteiger partial charge >= 0.3 is 18.3 Å². The van der Waals surface area contributed by atoms with E-state index in [2.05, 4.69) is 4.74 Å². The summed E-state index contributed by atoms with van der Waals surface area (Å²) in [5.41, 5.74) is -6.26. The summed E-state index contributed by atoms with van der Waals surface area (Å²) >= 11 is 0. The first kappa shape index (κ1) is 37.8. The molecule has 0 bridgehead atoms. The van der Waals surface area contributed by atoms with Gasteiger partial charge in [-0.3, -0.25) is 4.79 Å². The number of halogens is 3.